The molecule has 0 amide bonds. The molecule has 1 aromatic heterocycles. The molecule has 156 valence electrons. The fourth-order valence-corrected chi connectivity index (χ4v) is 4.92. The second-order valence-electron chi connectivity index (χ2n) is 8.43. The molecule has 1 aliphatic heterocycles. The molecule has 0 saturated heterocycles. The minimum atomic E-state index is 0.0178. The highest BCUT2D eigenvalue weighted by Crippen LogP contribution is 2.40. The Morgan fingerprint density at radius 1 is 0.833 bits per heavy atom. The molecule has 0 unspecified atom stereocenters. The monoisotopic (exact) mass is 402 g/mol. The SMILES string of the molecule is CC(=O)C1=C(C)/C(=C(/c2[nH]c(C)c(C(C)=O)c2C)c2c(C)cc(C)cc2C)N=C1C. The van der Waals surface area contributed by atoms with Crippen molar-refractivity contribution in [1.82, 2.24) is 4.98 Å². The fourth-order valence-electron chi connectivity index (χ4n) is 4.92. The van der Waals surface area contributed by atoms with E-state index in [1.165, 1.54) is 5.56 Å². The predicted molar refractivity (Wildman–Crippen MR) is 123 cm³/mol. The molecule has 3 rings (SSSR count). The van der Waals surface area contributed by atoms with Crippen LogP contribution in [0.15, 0.2) is 34.0 Å². The van der Waals surface area contributed by atoms with E-state index in [-0.39, 0.29) is 11.6 Å². The molecular weight excluding hydrogens is 372 g/mol. The number of H-pyrrole nitrogens is 1. The second kappa shape index (κ2) is 7.67. The van der Waals surface area contributed by atoms with Gasteiger partial charge in [-0.3, -0.25) is 14.6 Å². The van der Waals surface area contributed by atoms with Crippen LogP contribution in [-0.2, 0) is 4.79 Å². The molecule has 0 aliphatic carbocycles. The third kappa shape index (κ3) is 3.41. The maximum atomic E-state index is 12.3. The molecule has 0 spiro atoms. The Hall–Kier alpha value is -3.01. The van der Waals surface area contributed by atoms with Crippen LogP contribution in [-0.4, -0.2) is 22.3 Å². The van der Waals surface area contributed by atoms with E-state index < -0.39 is 0 Å². The molecule has 1 aliphatic rings. The molecule has 0 saturated carbocycles. The maximum absolute atomic E-state index is 12.3. The first kappa shape index (κ1) is 21.7. The third-order valence-corrected chi connectivity index (χ3v) is 5.93. The minimum Gasteiger partial charge on any atom is -0.358 e. The lowest BCUT2D eigenvalue weighted by Crippen LogP contribution is -2.05. The summed E-state index contributed by atoms with van der Waals surface area (Å²) in [4.78, 5) is 32.9. The predicted octanol–water partition coefficient (Wildman–Crippen LogP) is 5.90. The molecule has 0 fully saturated rings. The Morgan fingerprint density at radius 2 is 1.40 bits per heavy atom. The van der Waals surface area contributed by atoms with E-state index in [0.29, 0.717) is 5.57 Å². The van der Waals surface area contributed by atoms with E-state index in [9.17, 15) is 9.59 Å². The van der Waals surface area contributed by atoms with Crippen molar-refractivity contribution in [2.75, 3.05) is 0 Å². The Morgan fingerprint density at radius 3 is 1.83 bits per heavy atom. The summed E-state index contributed by atoms with van der Waals surface area (Å²) < 4.78 is 0. The van der Waals surface area contributed by atoms with E-state index in [4.69, 9.17) is 4.99 Å². The van der Waals surface area contributed by atoms with Crippen LogP contribution in [0.2, 0.25) is 0 Å². The summed E-state index contributed by atoms with van der Waals surface area (Å²) in [6, 6.07) is 4.33. The highest BCUT2D eigenvalue weighted by atomic mass is 16.1. The van der Waals surface area contributed by atoms with Gasteiger partial charge in [-0.2, -0.15) is 0 Å². The van der Waals surface area contributed by atoms with Crippen LogP contribution < -0.4 is 0 Å². The molecular formula is C26H30N2O2. The Kier molecular flexibility index (Phi) is 5.55. The van der Waals surface area contributed by atoms with E-state index in [0.717, 1.165) is 61.8 Å². The van der Waals surface area contributed by atoms with E-state index in [1.54, 1.807) is 13.8 Å². The normalized spacial score (nSPS) is 15.6. The van der Waals surface area contributed by atoms with Gasteiger partial charge in [0, 0.05) is 28.1 Å². The number of rotatable bonds is 4. The summed E-state index contributed by atoms with van der Waals surface area (Å²) in [5, 5.41) is 0. The quantitative estimate of drug-likeness (QED) is 0.647. The van der Waals surface area contributed by atoms with Crippen LogP contribution in [0.1, 0.15) is 77.3 Å². The van der Waals surface area contributed by atoms with Crippen LogP contribution in [0.3, 0.4) is 0 Å². The van der Waals surface area contributed by atoms with E-state index >= 15 is 0 Å². The number of nitrogens with zero attached hydrogens (tertiary/aromatic N) is 1. The summed E-state index contributed by atoms with van der Waals surface area (Å²) in [7, 11) is 0. The molecule has 1 aromatic carbocycles. The molecule has 2 aromatic rings. The van der Waals surface area contributed by atoms with Gasteiger partial charge in [0.2, 0.25) is 0 Å². The first-order valence-electron chi connectivity index (χ1n) is 10.3. The third-order valence-electron chi connectivity index (χ3n) is 5.93. The molecule has 30 heavy (non-hydrogen) atoms. The van der Waals surface area contributed by atoms with Crippen LogP contribution in [0.5, 0.6) is 0 Å². The number of Topliss-reactive ketones (excluding diaryl/α,β-unsaturated/α-hetero) is 2. The number of hydrogen-bond donors (Lipinski definition) is 1. The van der Waals surface area contributed by atoms with Gasteiger partial charge < -0.3 is 4.98 Å². The number of aromatic amines is 1. The van der Waals surface area contributed by atoms with Crippen molar-refractivity contribution in [2.45, 2.75) is 62.3 Å². The Labute approximate surface area is 178 Å². The number of carbonyl (C=O) groups excluding carboxylic acids is 2. The number of nitrogens with one attached hydrogen (secondary N) is 1. The first-order valence-corrected chi connectivity index (χ1v) is 10.3. The average molecular weight is 403 g/mol. The van der Waals surface area contributed by atoms with Gasteiger partial charge >= 0.3 is 0 Å². The summed E-state index contributed by atoms with van der Waals surface area (Å²) >= 11 is 0. The zero-order valence-electron chi connectivity index (χ0n) is 19.4. The average Bonchev–Trinajstić information content (AvgIpc) is 3.06. The van der Waals surface area contributed by atoms with Crippen molar-refractivity contribution in [1.29, 1.82) is 0 Å². The topological polar surface area (TPSA) is 62.3 Å². The molecule has 0 radical (unpaired) electrons. The lowest BCUT2D eigenvalue weighted by atomic mass is 9.87. The van der Waals surface area contributed by atoms with E-state index in [1.807, 2.05) is 27.7 Å². The molecule has 2 heterocycles. The number of ketones is 2. The van der Waals surface area contributed by atoms with Crippen molar-refractivity contribution in [3.8, 4) is 0 Å². The van der Waals surface area contributed by atoms with Gasteiger partial charge in [0.15, 0.2) is 11.6 Å². The van der Waals surface area contributed by atoms with Gasteiger partial charge in [0.25, 0.3) is 0 Å². The Balaban J connectivity index is 2.51. The molecule has 4 heteroatoms. The lowest BCUT2D eigenvalue weighted by molar-refractivity contribution is -0.113. The molecule has 0 atom stereocenters. The maximum Gasteiger partial charge on any atom is 0.161 e. The van der Waals surface area contributed by atoms with Crippen molar-refractivity contribution in [3.05, 3.63) is 73.7 Å². The Bertz CT molecular complexity index is 1180. The molecule has 4 nitrogen and oxygen atoms in total. The van der Waals surface area contributed by atoms with Crippen molar-refractivity contribution in [2.24, 2.45) is 4.99 Å². The number of hydrogen-bond acceptors (Lipinski definition) is 3. The summed E-state index contributed by atoms with van der Waals surface area (Å²) in [5.41, 5.74) is 12.0. The lowest BCUT2D eigenvalue weighted by Gasteiger charge is -2.18. The first-order chi connectivity index (χ1) is 14.0. The number of carbonyl (C=O) groups is 2. The minimum absolute atomic E-state index is 0.0178. The number of allylic oxidation sites excluding steroid dienone is 2. The van der Waals surface area contributed by atoms with Gasteiger partial charge in [0.05, 0.1) is 11.4 Å². The smallest absolute Gasteiger partial charge is 0.161 e. The van der Waals surface area contributed by atoms with Crippen LogP contribution >= 0.6 is 0 Å². The summed E-state index contributed by atoms with van der Waals surface area (Å²) in [5.74, 6) is 0.0567. The standard InChI is InChI=1S/C26H30N2O2/c1-12-10-13(2)21(14(3)11-12)24(25-15(4)22(19(8)29)17(6)27-25)26-16(5)23(20(9)30)18(7)28-26/h10-11,27H,1-9H3/b26-24-. The zero-order valence-corrected chi connectivity index (χ0v) is 19.4. The van der Waals surface area contributed by atoms with Crippen molar-refractivity contribution < 1.29 is 9.59 Å². The number of aryl methyl sites for hydroxylation is 4. The molecule has 0 bridgehead atoms. The van der Waals surface area contributed by atoms with Gasteiger partial charge in [-0.25, -0.2) is 0 Å². The summed E-state index contributed by atoms with van der Waals surface area (Å²) in [6.07, 6.45) is 0. The van der Waals surface area contributed by atoms with Gasteiger partial charge in [-0.05, 0) is 90.1 Å². The van der Waals surface area contributed by atoms with Gasteiger partial charge in [-0.1, -0.05) is 17.7 Å². The zero-order chi connectivity index (χ0) is 22.5. The largest absolute Gasteiger partial charge is 0.358 e. The van der Waals surface area contributed by atoms with Crippen molar-refractivity contribution in [3.63, 3.8) is 0 Å². The number of aromatic nitrogens is 1. The van der Waals surface area contributed by atoms with Crippen LogP contribution in [0, 0.1) is 34.6 Å². The number of aliphatic imine (C=N–C) groups is 1. The van der Waals surface area contributed by atoms with Gasteiger partial charge in [-0.15, -0.1) is 0 Å². The summed E-state index contributed by atoms with van der Waals surface area (Å²) in [6.45, 7) is 17.2. The molecule has 1 N–H and O–H groups in total. The van der Waals surface area contributed by atoms with E-state index in [2.05, 4.69) is 37.9 Å². The number of benzene rings is 1. The van der Waals surface area contributed by atoms with Gasteiger partial charge in [0.1, 0.15) is 0 Å². The van der Waals surface area contributed by atoms with Crippen LogP contribution in [0.4, 0.5) is 0 Å². The fraction of sp³-hybridized carbons (Fsp3) is 0.346. The van der Waals surface area contributed by atoms with Crippen LogP contribution in [0.25, 0.3) is 5.57 Å². The highest BCUT2D eigenvalue weighted by Gasteiger charge is 2.29. The second-order valence-corrected chi connectivity index (χ2v) is 8.43. The van der Waals surface area contributed by atoms with Crippen molar-refractivity contribution >= 4 is 22.9 Å². The highest BCUT2D eigenvalue weighted by molar-refractivity contribution is 6.24.